The zero-order chi connectivity index (χ0) is 13.1. The quantitative estimate of drug-likeness (QED) is 0.763. The Labute approximate surface area is 118 Å². The fourth-order valence-electron chi connectivity index (χ4n) is 4.50. The van der Waals surface area contributed by atoms with Gasteiger partial charge in [-0.15, -0.1) is 0 Å². The van der Waals surface area contributed by atoms with Gasteiger partial charge in [0.15, 0.2) is 0 Å². The van der Waals surface area contributed by atoms with Crippen LogP contribution in [0.1, 0.15) is 64.7 Å². The molecule has 2 aliphatic heterocycles. The maximum absolute atomic E-state index is 3.67. The highest BCUT2D eigenvalue weighted by molar-refractivity contribution is 5.06. The van der Waals surface area contributed by atoms with Crippen LogP contribution in [0.25, 0.3) is 0 Å². The highest BCUT2D eigenvalue weighted by atomic mass is 15.2. The van der Waals surface area contributed by atoms with E-state index >= 15 is 0 Å². The first kappa shape index (κ1) is 13.6. The molecule has 1 aliphatic carbocycles. The number of allylic oxidation sites excluding steroid dienone is 1. The Morgan fingerprint density at radius 1 is 1.21 bits per heavy atom. The fraction of sp³-hybridized carbons (Fsp3) is 0.882. The van der Waals surface area contributed by atoms with Crippen LogP contribution in [0.3, 0.4) is 0 Å². The minimum Gasteiger partial charge on any atom is -0.314 e. The van der Waals surface area contributed by atoms with Crippen LogP contribution in [0.5, 0.6) is 0 Å². The van der Waals surface area contributed by atoms with E-state index in [-0.39, 0.29) is 0 Å². The Balaban J connectivity index is 1.51. The Kier molecular flexibility index (Phi) is 4.60. The molecular formula is C17H30N2. The third kappa shape index (κ3) is 3.22. The molecular weight excluding hydrogens is 232 g/mol. The largest absolute Gasteiger partial charge is 0.314 e. The number of nitrogens with zero attached hydrogens (tertiary/aromatic N) is 1. The second-order valence-electron chi connectivity index (χ2n) is 6.71. The van der Waals surface area contributed by atoms with E-state index in [1.807, 2.05) is 0 Å². The van der Waals surface area contributed by atoms with Gasteiger partial charge in [0.2, 0.25) is 0 Å². The lowest BCUT2D eigenvalue weighted by Crippen LogP contribution is -2.49. The summed E-state index contributed by atoms with van der Waals surface area (Å²) in [7, 11) is 0. The molecule has 0 radical (unpaired) electrons. The Morgan fingerprint density at radius 2 is 2.00 bits per heavy atom. The molecule has 0 aromatic rings. The van der Waals surface area contributed by atoms with Crippen molar-refractivity contribution in [2.45, 2.75) is 82.8 Å². The number of hydrogen-bond acceptors (Lipinski definition) is 2. The molecule has 0 spiro atoms. The van der Waals surface area contributed by atoms with Gasteiger partial charge in [-0.05, 0) is 64.3 Å². The van der Waals surface area contributed by atoms with Gasteiger partial charge in [0, 0.05) is 24.7 Å². The molecule has 2 heteroatoms. The van der Waals surface area contributed by atoms with E-state index in [9.17, 15) is 0 Å². The molecule has 3 rings (SSSR count). The van der Waals surface area contributed by atoms with Gasteiger partial charge in [-0.3, -0.25) is 4.90 Å². The van der Waals surface area contributed by atoms with Gasteiger partial charge in [0.05, 0.1) is 0 Å². The van der Waals surface area contributed by atoms with Crippen LogP contribution in [-0.4, -0.2) is 36.1 Å². The van der Waals surface area contributed by atoms with Crippen molar-refractivity contribution in [3.8, 4) is 0 Å². The Hall–Kier alpha value is -0.340. The fourth-order valence-corrected chi connectivity index (χ4v) is 4.50. The van der Waals surface area contributed by atoms with Crippen LogP contribution in [-0.2, 0) is 0 Å². The van der Waals surface area contributed by atoms with E-state index in [0.29, 0.717) is 0 Å². The van der Waals surface area contributed by atoms with Crippen LogP contribution in [0, 0.1) is 0 Å². The van der Waals surface area contributed by atoms with Gasteiger partial charge in [-0.25, -0.2) is 0 Å². The van der Waals surface area contributed by atoms with Crippen LogP contribution in [0.4, 0.5) is 0 Å². The van der Waals surface area contributed by atoms with E-state index in [1.165, 1.54) is 64.3 Å². The number of piperidine rings is 1. The normalized spacial score (nSPS) is 35.4. The van der Waals surface area contributed by atoms with E-state index < -0.39 is 0 Å². The Bertz CT molecular complexity index is 309. The van der Waals surface area contributed by atoms with Gasteiger partial charge in [-0.2, -0.15) is 0 Å². The lowest BCUT2D eigenvalue weighted by atomic mass is 9.94. The molecule has 3 aliphatic rings. The minimum atomic E-state index is 0.799. The van der Waals surface area contributed by atoms with E-state index in [4.69, 9.17) is 0 Å². The highest BCUT2D eigenvalue weighted by Crippen LogP contribution is 2.36. The molecule has 2 nitrogen and oxygen atoms in total. The van der Waals surface area contributed by atoms with E-state index in [1.54, 1.807) is 5.57 Å². The maximum atomic E-state index is 3.67. The number of fused-ring (bicyclic) bond motifs is 2. The van der Waals surface area contributed by atoms with Crippen LogP contribution in [0.15, 0.2) is 11.6 Å². The first-order valence-corrected chi connectivity index (χ1v) is 8.54. The lowest BCUT2D eigenvalue weighted by molar-refractivity contribution is 0.118. The van der Waals surface area contributed by atoms with Crippen molar-refractivity contribution < 1.29 is 0 Å². The second kappa shape index (κ2) is 6.41. The van der Waals surface area contributed by atoms with Gasteiger partial charge in [0.1, 0.15) is 0 Å². The van der Waals surface area contributed by atoms with Crippen molar-refractivity contribution in [1.82, 2.24) is 10.2 Å². The number of hydrogen-bond donors (Lipinski definition) is 1. The topological polar surface area (TPSA) is 15.3 Å². The average molecular weight is 262 g/mol. The van der Waals surface area contributed by atoms with Crippen molar-refractivity contribution in [2.75, 3.05) is 13.1 Å². The molecule has 1 N–H and O–H groups in total. The third-order valence-corrected chi connectivity index (χ3v) is 5.45. The summed E-state index contributed by atoms with van der Waals surface area (Å²) >= 11 is 0. The smallest absolute Gasteiger partial charge is 0.0114 e. The minimum absolute atomic E-state index is 0.799. The van der Waals surface area contributed by atoms with Gasteiger partial charge < -0.3 is 5.32 Å². The molecule has 0 amide bonds. The van der Waals surface area contributed by atoms with Gasteiger partial charge in [-0.1, -0.05) is 18.6 Å². The third-order valence-electron chi connectivity index (χ3n) is 5.45. The monoisotopic (exact) mass is 262 g/mol. The number of rotatable bonds is 5. The first-order valence-electron chi connectivity index (χ1n) is 8.54. The second-order valence-corrected chi connectivity index (χ2v) is 6.71. The molecule has 2 unspecified atom stereocenters. The van der Waals surface area contributed by atoms with Crippen molar-refractivity contribution >= 4 is 0 Å². The van der Waals surface area contributed by atoms with Crippen LogP contribution < -0.4 is 5.32 Å². The first-order chi connectivity index (χ1) is 9.36. The van der Waals surface area contributed by atoms with E-state index in [2.05, 4.69) is 23.2 Å². The molecule has 2 atom stereocenters. The summed E-state index contributed by atoms with van der Waals surface area (Å²) in [5.74, 6) is 0. The average Bonchev–Trinajstić information content (AvgIpc) is 2.68. The molecule has 2 bridgehead atoms. The van der Waals surface area contributed by atoms with Gasteiger partial charge in [0.25, 0.3) is 0 Å². The SMILES string of the molecule is CCNC1CC2CCC(C1)N2CCC1=CCCCC1. The van der Waals surface area contributed by atoms with Crippen molar-refractivity contribution in [1.29, 1.82) is 0 Å². The summed E-state index contributed by atoms with van der Waals surface area (Å²) in [5, 5.41) is 3.67. The Morgan fingerprint density at radius 3 is 2.63 bits per heavy atom. The zero-order valence-corrected chi connectivity index (χ0v) is 12.5. The van der Waals surface area contributed by atoms with Crippen molar-refractivity contribution in [3.63, 3.8) is 0 Å². The predicted molar refractivity (Wildman–Crippen MR) is 81.4 cm³/mol. The molecule has 2 heterocycles. The lowest BCUT2D eigenvalue weighted by Gasteiger charge is -2.39. The molecule has 108 valence electrons. The van der Waals surface area contributed by atoms with Crippen LogP contribution >= 0.6 is 0 Å². The standard InChI is InChI=1S/C17H30N2/c1-2-18-15-12-16-8-9-17(13-15)19(16)11-10-14-6-4-3-5-7-14/h6,15-18H,2-5,7-13H2,1H3. The van der Waals surface area contributed by atoms with Crippen LogP contribution in [0.2, 0.25) is 0 Å². The predicted octanol–water partition coefficient (Wildman–Crippen LogP) is 3.48. The summed E-state index contributed by atoms with van der Waals surface area (Å²) in [6.45, 7) is 4.71. The van der Waals surface area contributed by atoms with E-state index in [0.717, 1.165) is 24.7 Å². The summed E-state index contributed by atoms with van der Waals surface area (Å²) in [6, 6.07) is 2.56. The van der Waals surface area contributed by atoms with Gasteiger partial charge >= 0.3 is 0 Å². The molecule has 0 saturated carbocycles. The summed E-state index contributed by atoms with van der Waals surface area (Å²) < 4.78 is 0. The zero-order valence-electron chi connectivity index (χ0n) is 12.5. The van der Waals surface area contributed by atoms with Crippen molar-refractivity contribution in [3.05, 3.63) is 11.6 Å². The highest BCUT2D eigenvalue weighted by Gasteiger charge is 2.39. The summed E-state index contributed by atoms with van der Waals surface area (Å²) in [6.07, 6.45) is 15.1. The van der Waals surface area contributed by atoms with Crippen molar-refractivity contribution in [2.24, 2.45) is 0 Å². The summed E-state index contributed by atoms with van der Waals surface area (Å²) in [4.78, 5) is 2.85. The molecule has 2 fully saturated rings. The molecule has 2 saturated heterocycles. The summed E-state index contributed by atoms with van der Waals surface area (Å²) in [5.41, 5.74) is 1.75. The molecule has 19 heavy (non-hydrogen) atoms. The molecule has 0 aromatic carbocycles. The molecule has 0 aromatic heterocycles. The maximum Gasteiger partial charge on any atom is 0.0114 e. The number of nitrogens with one attached hydrogen (secondary N) is 1.